The van der Waals surface area contributed by atoms with E-state index < -0.39 is 5.54 Å². The number of hydrogen-bond donors (Lipinski definition) is 1. The van der Waals surface area contributed by atoms with E-state index >= 15 is 0 Å². The highest BCUT2D eigenvalue weighted by Gasteiger charge is 2.29. The minimum atomic E-state index is -0.605. The standard InChI is InChI=1S/C14H17N3O/c1-14(2,15-3)13(18)12-9-10-16-17(12)11-7-5-4-6-8-11/h4-10,15H,1-3H3. The number of aromatic nitrogens is 2. The molecule has 0 bridgehead atoms. The maximum Gasteiger partial charge on any atom is 0.200 e. The number of carbonyl (C=O) groups is 1. The lowest BCUT2D eigenvalue weighted by Gasteiger charge is -2.22. The third-order valence-corrected chi connectivity index (χ3v) is 3.07. The number of Topliss-reactive ketones (excluding diaryl/α,β-unsaturated/α-hetero) is 1. The molecule has 0 atom stereocenters. The Balaban J connectivity index is 2.44. The summed E-state index contributed by atoms with van der Waals surface area (Å²) < 4.78 is 1.67. The number of nitrogens with zero attached hydrogens (tertiary/aromatic N) is 2. The molecule has 94 valence electrons. The van der Waals surface area contributed by atoms with Gasteiger partial charge in [-0.2, -0.15) is 5.10 Å². The zero-order chi connectivity index (χ0) is 13.2. The highest BCUT2D eigenvalue weighted by Crippen LogP contribution is 2.16. The van der Waals surface area contributed by atoms with E-state index in [0.29, 0.717) is 5.69 Å². The fourth-order valence-electron chi connectivity index (χ4n) is 1.68. The van der Waals surface area contributed by atoms with Gasteiger partial charge in [-0.15, -0.1) is 0 Å². The van der Waals surface area contributed by atoms with Gasteiger partial charge in [-0.3, -0.25) is 4.79 Å². The summed E-state index contributed by atoms with van der Waals surface area (Å²) in [6, 6.07) is 11.4. The van der Waals surface area contributed by atoms with Gasteiger partial charge in [-0.25, -0.2) is 4.68 Å². The Labute approximate surface area is 107 Å². The van der Waals surface area contributed by atoms with Crippen LogP contribution in [0.25, 0.3) is 5.69 Å². The van der Waals surface area contributed by atoms with Crippen molar-refractivity contribution >= 4 is 5.78 Å². The maximum atomic E-state index is 12.4. The molecule has 0 aliphatic heterocycles. The van der Waals surface area contributed by atoms with Crippen molar-refractivity contribution in [2.24, 2.45) is 0 Å². The van der Waals surface area contributed by atoms with Crippen molar-refractivity contribution in [3.63, 3.8) is 0 Å². The molecule has 0 spiro atoms. The third kappa shape index (κ3) is 2.19. The van der Waals surface area contributed by atoms with Gasteiger partial charge in [0.1, 0.15) is 5.69 Å². The van der Waals surface area contributed by atoms with Crippen LogP contribution in [0.1, 0.15) is 24.3 Å². The molecule has 0 unspecified atom stereocenters. The summed E-state index contributed by atoms with van der Waals surface area (Å²) in [4.78, 5) is 12.4. The summed E-state index contributed by atoms with van der Waals surface area (Å²) in [6.45, 7) is 3.72. The van der Waals surface area contributed by atoms with Crippen LogP contribution in [0.15, 0.2) is 42.6 Å². The second-order valence-corrected chi connectivity index (χ2v) is 4.67. The predicted octanol–water partition coefficient (Wildman–Crippen LogP) is 2.05. The largest absolute Gasteiger partial charge is 0.308 e. The van der Waals surface area contributed by atoms with Crippen LogP contribution in [0.2, 0.25) is 0 Å². The van der Waals surface area contributed by atoms with Crippen LogP contribution < -0.4 is 5.32 Å². The molecule has 0 radical (unpaired) electrons. The number of para-hydroxylation sites is 1. The van der Waals surface area contributed by atoms with E-state index in [4.69, 9.17) is 0 Å². The molecule has 1 aromatic carbocycles. The average molecular weight is 243 g/mol. The molecule has 0 saturated heterocycles. The normalized spacial score (nSPS) is 11.5. The molecule has 1 aromatic heterocycles. The Morgan fingerprint density at radius 3 is 2.50 bits per heavy atom. The first-order chi connectivity index (χ1) is 8.56. The molecule has 2 aromatic rings. The fraction of sp³-hybridized carbons (Fsp3) is 0.286. The van der Waals surface area contributed by atoms with Crippen molar-refractivity contribution in [3.8, 4) is 5.69 Å². The molecular formula is C14H17N3O. The molecule has 4 heteroatoms. The minimum Gasteiger partial charge on any atom is -0.308 e. The third-order valence-electron chi connectivity index (χ3n) is 3.07. The molecule has 1 heterocycles. The van der Waals surface area contributed by atoms with Crippen molar-refractivity contribution in [2.45, 2.75) is 19.4 Å². The Hall–Kier alpha value is -1.94. The van der Waals surface area contributed by atoms with E-state index in [9.17, 15) is 4.79 Å². The summed E-state index contributed by atoms with van der Waals surface area (Å²) in [7, 11) is 1.78. The molecule has 0 amide bonds. The van der Waals surface area contributed by atoms with E-state index in [1.165, 1.54) is 0 Å². The van der Waals surface area contributed by atoms with Crippen molar-refractivity contribution in [2.75, 3.05) is 7.05 Å². The molecule has 0 saturated carbocycles. The monoisotopic (exact) mass is 243 g/mol. The molecule has 0 aliphatic rings. The zero-order valence-corrected chi connectivity index (χ0v) is 10.8. The van der Waals surface area contributed by atoms with Crippen LogP contribution in [-0.4, -0.2) is 28.2 Å². The van der Waals surface area contributed by atoms with Gasteiger partial charge in [0.15, 0.2) is 0 Å². The lowest BCUT2D eigenvalue weighted by molar-refractivity contribution is 0.0881. The van der Waals surface area contributed by atoms with Crippen molar-refractivity contribution < 1.29 is 4.79 Å². The number of hydrogen-bond acceptors (Lipinski definition) is 3. The van der Waals surface area contributed by atoms with Crippen LogP contribution in [0, 0.1) is 0 Å². The predicted molar refractivity (Wildman–Crippen MR) is 71.0 cm³/mol. The van der Waals surface area contributed by atoms with Gasteiger partial charge in [-0.1, -0.05) is 18.2 Å². The average Bonchev–Trinajstić information content (AvgIpc) is 2.87. The molecule has 1 N–H and O–H groups in total. The topological polar surface area (TPSA) is 46.9 Å². The second-order valence-electron chi connectivity index (χ2n) is 4.67. The van der Waals surface area contributed by atoms with Crippen molar-refractivity contribution in [3.05, 3.63) is 48.3 Å². The van der Waals surface area contributed by atoms with Gasteiger partial charge in [0.2, 0.25) is 5.78 Å². The van der Waals surface area contributed by atoms with E-state index in [2.05, 4.69) is 10.4 Å². The van der Waals surface area contributed by atoms with Crippen LogP contribution in [0.3, 0.4) is 0 Å². The number of carbonyl (C=O) groups excluding carboxylic acids is 1. The van der Waals surface area contributed by atoms with Gasteiger partial charge in [0.05, 0.1) is 17.4 Å². The first-order valence-corrected chi connectivity index (χ1v) is 5.89. The van der Waals surface area contributed by atoms with E-state index in [-0.39, 0.29) is 5.78 Å². The highest BCUT2D eigenvalue weighted by atomic mass is 16.1. The molecule has 4 nitrogen and oxygen atoms in total. The maximum absolute atomic E-state index is 12.4. The lowest BCUT2D eigenvalue weighted by atomic mass is 9.97. The van der Waals surface area contributed by atoms with Gasteiger partial charge in [0, 0.05) is 0 Å². The van der Waals surface area contributed by atoms with Crippen molar-refractivity contribution in [1.82, 2.24) is 15.1 Å². The fourth-order valence-corrected chi connectivity index (χ4v) is 1.68. The van der Waals surface area contributed by atoms with Gasteiger partial charge in [-0.05, 0) is 39.1 Å². The smallest absolute Gasteiger partial charge is 0.200 e. The minimum absolute atomic E-state index is 0.0198. The summed E-state index contributed by atoms with van der Waals surface area (Å²) in [5.74, 6) is 0.0198. The van der Waals surface area contributed by atoms with Gasteiger partial charge < -0.3 is 5.32 Å². The number of ketones is 1. The quantitative estimate of drug-likeness (QED) is 0.836. The molecule has 18 heavy (non-hydrogen) atoms. The second kappa shape index (κ2) is 4.74. The zero-order valence-electron chi connectivity index (χ0n) is 10.8. The Morgan fingerprint density at radius 2 is 1.89 bits per heavy atom. The van der Waals surface area contributed by atoms with Gasteiger partial charge in [0.25, 0.3) is 0 Å². The summed E-state index contributed by atoms with van der Waals surface area (Å²) in [5.41, 5.74) is 0.866. The van der Waals surface area contributed by atoms with Crippen molar-refractivity contribution in [1.29, 1.82) is 0 Å². The van der Waals surface area contributed by atoms with Crippen LogP contribution in [-0.2, 0) is 0 Å². The van der Waals surface area contributed by atoms with E-state index in [1.54, 1.807) is 24.0 Å². The Bertz CT molecular complexity index is 543. The summed E-state index contributed by atoms with van der Waals surface area (Å²) in [6.07, 6.45) is 1.64. The van der Waals surface area contributed by atoms with Crippen LogP contribution in [0.5, 0.6) is 0 Å². The number of likely N-dealkylation sites (N-methyl/N-ethyl adjacent to an activating group) is 1. The molecule has 0 aliphatic carbocycles. The Morgan fingerprint density at radius 1 is 1.22 bits per heavy atom. The number of rotatable bonds is 4. The van der Waals surface area contributed by atoms with E-state index in [0.717, 1.165) is 5.69 Å². The SMILES string of the molecule is CNC(C)(C)C(=O)c1ccnn1-c1ccccc1. The van der Waals surface area contributed by atoms with E-state index in [1.807, 2.05) is 44.2 Å². The summed E-state index contributed by atoms with van der Waals surface area (Å²) in [5, 5.41) is 7.24. The first kappa shape index (κ1) is 12.5. The first-order valence-electron chi connectivity index (χ1n) is 5.89. The number of nitrogens with one attached hydrogen (secondary N) is 1. The molecular weight excluding hydrogens is 226 g/mol. The number of benzene rings is 1. The Kier molecular flexibility index (Phi) is 3.30. The van der Waals surface area contributed by atoms with Crippen LogP contribution >= 0.6 is 0 Å². The highest BCUT2D eigenvalue weighted by molar-refractivity contribution is 6.01. The molecule has 2 rings (SSSR count). The van der Waals surface area contributed by atoms with Gasteiger partial charge >= 0.3 is 0 Å². The van der Waals surface area contributed by atoms with Crippen LogP contribution in [0.4, 0.5) is 0 Å². The lowest BCUT2D eigenvalue weighted by Crippen LogP contribution is -2.45. The summed E-state index contributed by atoms with van der Waals surface area (Å²) >= 11 is 0. The molecule has 0 fully saturated rings.